The van der Waals surface area contributed by atoms with Crippen LogP contribution in [-0.2, 0) is 0 Å². The average molecular weight is 201 g/mol. The van der Waals surface area contributed by atoms with Crippen molar-refractivity contribution in [2.75, 3.05) is 5.73 Å². The maximum Gasteiger partial charge on any atom is 0.0392 e. The summed E-state index contributed by atoms with van der Waals surface area (Å²) in [5, 5.41) is 0. The van der Waals surface area contributed by atoms with E-state index in [1.807, 2.05) is 6.07 Å². The van der Waals surface area contributed by atoms with Crippen LogP contribution in [0.5, 0.6) is 0 Å². The van der Waals surface area contributed by atoms with E-state index in [0.717, 1.165) is 11.3 Å². The van der Waals surface area contributed by atoms with E-state index < -0.39 is 0 Å². The zero-order chi connectivity index (χ0) is 10.8. The number of anilines is 1. The second kappa shape index (κ2) is 4.09. The molecule has 0 aliphatic heterocycles. The summed E-state index contributed by atoms with van der Waals surface area (Å²) in [5.41, 5.74) is 10.5. The Bertz CT molecular complexity index is 373. The van der Waals surface area contributed by atoms with E-state index in [1.165, 1.54) is 36.8 Å². The number of aryl methyl sites for hydroxylation is 1. The first-order valence-corrected chi connectivity index (χ1v) is 5.74. The molecule has 1 nitrogen and oxygen atoms in total. The Kier molecular flexibility index (Phi) is 2.81. The maximum atomic E-state index is 6.03. The predicted octanol–water partition coefficient (Wildman–Crippen LogP) is 3.78. The number of nitrogens with two attached hydrogens (primary N) is 1. The number of rotatable bonds is 2. The van der Waals surface area contributed by atoms with Crippen LogP contribution in [0.4, 0.5) is 5.69 Å². The monoisotopic (exact) mass is 201 g/mol. The summed E-state index contributed by atoms with van der Waals surface area (Å²) in [6.07, 6.45) is 5.25. The SMILES string of the molecule is C=C(c1ccc(C)cc1N)C1CCCC1. The molecule has 0 aromatic heterocycles. The van der Waals surface area contributed by atoms with Crippen molar-refractivity contribution in [2.24, 2.45) is 5.92 Å². The zero-order valence-electron chi connectivity index (χ0n) is 9.42. The summed E-state index contributed by atoms with van der Waals surface area (Å²) < 4.78 is 0. The van der Waals surface area contributed by atoms with E-state index in [4.69, 9.17) is 5.73 Å². The average Bonchev–Trinajstić information content (AvgIpc) is 2.69. The number of benzene rings is 1. The van der Waals surface area contributed by atoms with Crippen molar-refractivity contribution in [2.45, 2.75) is 32.6 Å². The van der Waals surface area contributed by atoms with Gasteiger partial charge in [-0.25, -0.2) is 0 Å². The van der Waals surface area contributed by atoms with Gasteiger partial charge in [-0.2, -0.15) is 0 Å². The molecule has 1 aromatic rings. The van der Waals surface area contributed by atoms with Crippen LogP contribution in [0.3, 0.4) is 0 Å². The Hall–Kier alpha value is -1.24. The van der Waals surface area contributed by atoms with Gasteiger partial charge in [0.1, 0.15) is 0 Å². The molecule has 0 unspecified atom stereocenters. The fraction of sp³-hybridized carbons (Fsp3) is 0.429. The molecule has 1 fully saturated rings. The third kappa shape index (κ3) is 2.06. The maximum absolute atomic E-state index is 6.03. The van der Waals surface area contributed by atoms with E-state index in [1.54, 1.807) is 0 Å². The molecule has 80 valence electrons. The molecule has 0 saturated heterocycles. The van der Waals surface area contributed by atoms with Crippen molar-refractivity contribution in [1.29, 1.82) is 0 Å². The summed E-state index contributed by atoms with van der Waals surface area (Å²) in [5.74, 6) is 0.662. The molecule has 0 heterocycles. The zero-order valence-corrected chi connectivity index (χ0v) is 9.42. The summed E-state index contributed by atoms with van der Waals surface area (Å²) in [4.78, 5) is 0. The van der Waals surface area contributed by atoms with Crippen LogP contribution in [0.2, 0.25) is 0 Å². The minimum absolute atomic E-state index is 0.662. The lowest BCUT2D eigenvalue weighted by Crippen LogP contribution is -2.00. The minimum Gasteiger partial charge on any atom is -0.398 e. The van der Waals surface area contributed by atoms with Crippen molar-refractivity contribution in [3.8, 4) is 0 Å². The lowest BCUT2D eigenvalue weighted by Gasteiger charge is -2.15. The van der Waals surface area contributed by atoms with Crippen LogP contribution in [0.25, 0.3) is 5.57 Å². The minimum atomic E-state index is 0.662. The van der Waals surface area contributed by atoms with E-state index in [-0.39, 0.29) is 0 Å². The van der Waals surface area contributed by atoms with Gasteiger partial charge in [0.15, 0.2) is 0 Å². The third-order valence-corrected chi connectivity index (χ3v) is 3.40. The molecule has 1 aliphatic rings. The van der Waals surface area contributed by atoms with Crippen molar-refractivity contribution in [3.05, 3.63) is 35.9 Å². The van der Waals surface area contributed by atoms with Gasteiger partial charge in [0.2, 0.25) is 0 Å². The molecule has 0 bridgehead atoms. The Morgan fingerprint density at radius 2 is 2.00 bits per heavy atom. The first-order chi connectivity index (χ1) is 7.18. The third-order valence-electron chi connectivity index (χ3n) is 3.40. The Balaban J connectivity index is 2.24. The molecule has 0 atom stereocenters. The van der Waals surface area contributed by atoms with Gasteiger partial charge in [-0.3, -0.25) is 0 Å². The van der Waals surface area contributed by atoms with Crippen LogP contribution in [0.1, 0.15) is 36.8 Å². The summed E-state index contributed by atoms with van der Waals surface area (Å²) >= 11 is 0. The molecule has 1 aliphatic carbocycles. The summed E-state index contributed by atoms with van der Waals surface area (Å²) in [7, 11) is 0. The van der Waals surface area contributed by atoms with Crippen molar-refractivity contribution >= 4 is 11.3 Å². The first-order valence-electron chi connectivity index (χ1n) is 5.74. The van der Waals surface area contributed by atoms with Crippen LogP contribution in [0.15, 0.2) is 24.8 Å². The predicted molar refractivity (Wildman–Crippen MR) is 66.6 cm³/mol. The van der Waals surface area contributed by atoms with Crippen LogP contribution < -0.4 is 5.73 Å². The lowest BCUT2D eigenvalue weighted by molar-refractivity contribution is 0.708. The van der Waals surface area contributed by atoms with E-state index in [9.17, 15) is 0 Å². The highest BCUT2D eigenvalue weighted by Crippen LogP contribution is 2.37. The molecule has 1 saturated carbocycles. The topological polar surface area (TPSA) is 26.0 Å². The Labute approximate surface area is 92.0 Å². The van der Waals surface area contributed by atoms with Crippen molar-refractivity contribution < 1.29 is 0 Å². The van der Waals surface area contributed by atoms with Crippen molar-refractivity contribution in [3.63, 3.8) is 0 Å². The second-order valence-electron chi connectivity index (χ2n) is 4.60. The van der Waals surface area contributed by atoms with E-state index >= 15 is 0 Å². The number of hydrogen-bond donors (Lipinski definition) is 1. The number of hydrogen-bond acceptors (Lipinski definition) is 1. The first kappa shape index (κ1) is 10.3. The van der Waals surface area contributed by atoms with Crippen LogP contribution in [-0.4, -0.2) is 0 Å². The molecule has 2 N–H and O–H groups in total. The highest BCUT2D eigenvalue weighted by atomic mass is 14.6. The quantitative estimate of drug-likeness (QED) is 0.724. The van der Waals surface area contributed by atoms with Gasteiger partial charge in [0, 0.05) is 11.3 Å². The fourth-order valence-electron chi connectivity index (χ4n) is 2.47. The molecule has 2 rings (SSSR count). The van der Waals surface area contributed by atoms with E-state index in [0.29, 0.717) is 5.92 Å². The molecule has 1 heteroatoms. The van der Waals surface area contributed by atoms with Gasteiger partial charge in [-0.15, -0.1) is 0 Å². The Morgan fingerprint density at radius 1 is 1.33 bits per heavy atom. The fourth-order valence-corrected chi connectivity index (χ4v) is 2.47. The van der Waals surface area contributed by atoms with Gasteiger partial charge in [0.05, 0.1) is 0 Å². The van der Waals surface area contributed by atoms with Gasteiger partial charge >= 0.3 is 0 Å². The molecular weight excluding hydrogens is 182 g/mol. The molecular formula is C14H19N. The van der Waals surface area contributed by atoms with Gasteiger partial charge < -0.3 is 5.73 Å². The molecule has 0 spiro atoms. The second-order valence-corrected chi connectivity index (χ2v) is 4.60. The smallest absolute Gasteiger partial charge is 0.0392 e. The van der Waals surface area contributed by atoms with Gasteiger partial charge in [0.25, 0.3) is 0 Å². The van der Waals surface area contributed by atoms with E-state index in [2.05, 4.69) is 25.6 Å². The highest BCUT2D eigenvalue weighted by molar-refractivity contribution is 5.75. The number of allylic oxidation sites excluding steroid dienone is 1. The number of nitrogen functional groups attached to an aromatic ring is 1. The van der Waals surface area contributed by atoms with Crippen molar-refractivity contribution in [1.82, 2.24) is 0 Å². The summed E-state index contributed by atoms with van der Waals surface area (Å²) in [6.45, 7) is 6.29. The molecule has 15 heavy (non-hydrogen) atoms. The largest absolute Gasteiger partial charge is 0.398 e. The van der Waals surface area contributed by atoms with Gasteiger partial charge in [-0.1, -0.05) is 31.6 Å². The lowest BCUT2D eigenvalue weighted by atomic mass is 9.91. The molecule has 0 radical (unpaired) electrons. The standard InChI is InChI=1S/C14H19N/c1-10-7-8-13(14(15)9-10)11(2)12-5-3-4-6-12/h7-9,12H,2-6,15H2,1H3. The van der Waals surface area contributed by atoms with Crippen LogP contribution >= 0.6 is 0 Å². The van der Waals surface area contributed by atoms with Gasteiger partial charge in [-0.05, 0) is 42.9 Å². The Morgan fingerprint density at radius 3 is 2.60 bits per heavy atom. The highest BCUT2D eigenvalue weighted by Gasteiger charge is 2.19. The van der Waals surface area contributed by atoms with Crippen LogP contribution in [0, 0.1) is 12.8 Å². The normalized spacial score (nSPS) is 16.9. The molecule has 0 amide bonds. The summed E-state index contributed by atoms with van der Waals surface area (Å²) in [6, 6.07) is 6.27. The molecule has 1 aromatic carbocycles.